The van der Waals surface area contributed by atoms with Crippen molar-refractivity contribution in [3.8, 4) is 11.8 Å². The number of aliphatic hydroxyl groups is 1. The number of benzene rings is 3. The van der Waals surface area contributed by atoms with Gasteiger partial charge in [0.05, 0.1) is 13.2 Å². The van der Waals surface area contributed by atoms with Gasteiger partial charge in [-0.05, 0) is 23.3 Å². The van der Waals surface area contributed by atoms with E-state index in [0.29, 0.717) is 0 Å². The maximum atomic E-state index is 13.3. The van der Waals surface area contributed by atoms with Gasteiger partial charge >= 0.3 is 7.60 Å². The van der Waals surface area contributed by atoms with Crippen LogP contribution in [-0.2, 0) is 26.8 Å². The van der Waals surface area contributed by atoms with Crippen molar-refractivity contribution >= 4 is 7.60 Å². The number of aliphatic hydroxyl groups excluding tert-OH is 1. The summed E-state index contributed by atoms with van der Waals surface area (Å²) in [5.74, 6) is 4.48. The fourth-order valence-electron chi connectivity index (χ4n) is 2.56. The molecule has 3 aromatic rings. The van der Waals surface area contributed by atoms with Crippen LogP contribution in [-0.4, -0.2) is 11.0 Å². The van der Waals surface area contributed by atoms with Crippen LogP contribution >= 0.6 is 7.60 Å². The Morgan fingerprint density at radius 2 is 1.21 bits per heavy atom. The highest BCUT2D eigenvalue weighted by atomic mass is 31.2. The third kappa shape index (κ3) is 6.71. The second-order valence-electron chi connectivity index (χ2n) is 6.41. The first-order chi connectivity index (χ1) is 14.2. The molecule has 0 aliphatic heterocycles. The molecule has 4 nitrogen and oxygen atoms in total. The second-order valence-corrected chi connectivity index (χ2v) is 8.60. The fraction of sp³-hybridized carbons (Fsp3) is 0.167. The standard InChI is InChI=1S/C24H23O4P/c25-24(18-10-17-21-11-4-1-5-12-21)29(26,27-19-22-13-6-2-7-14-22)28-20-23-15-8-3-9-16-23/h1-9,11-16,24-25H,18-20H2/t24-/m0/s1. The van der Waals surface area contributed by atoms with Gasteiger partial charge in [0.15, 0.2) is 5.85 Å². The van der Waals surface area contributed by atoms with Crippen molar-refractivity contribution in [2.75, 3.05) is 0 Å². The first-order valence-corrected chi connectivity index (χ1v) is 11.0. The Balaban J connectivity index is 1.69. The van der Waals surface area contributed by atoms with E-state index in [9.17, 15) is 9.67 Å². The molecule has 1 N–H and O–H groups in total. The molecule has 0 radical (unpaired) electrons. The zero-order chi connectivity index (χ0) is 20.4. The minimum atomic E-state index is -3.81. The van der Waals surface area contributed by atoms with Gasteiger partial charge in [-0.25, -0.2) is 0 Å². The van der Waals surface area contributed by atoms with E-state index in [4.69, 9.17) is 9.05 Å². The predicted octanol–water partition coefficient (Wildman–Crippen LogP) is 5.37. The molecule has 0 unspecified atom stereocenters. The van der Waals surface area contributed by atoms with Crippen molar-refractivity contribution in [1.82, 2.24) is 0 Å². The number of hydrogen-bond acceptors (Lipinski definition) is 4. The predicted molar refractivity (Wildman–Crippen MR) is 114 cm³/mol. The molecular weight excluding hydrogens is 383 g/mol. The van der Waals surface area contributed by atoms with Gasteiger partial charge in [0.25, 0.3) is 0 Å². The highest BCUT2D eigenvalue weighted by molar-refractivity contribution is 7.54. The van der Waals surface area contributed by atoms with Crippen molar-refractivity contribution in [2.24, 2.45) is 0 Å². The minimum Gasteiger partial charge on any atom is -0.380 e. The molecule has 29 heavy (non-hydrogen) atoms. The lowest BCUT2D eigenvalue weighted by molar-refractivity contribution is 0.134. The monoisotopic (exact) mass is 406 g/mol. The van der Waals surface area contributed by atoms with E-state index < -0.39 is 13.4 Å². The molecule has 3 aromatic carbocycles. The summed E-state index contributed by atoms with van der Waals surface area (Å²) in [7, 11) is -3.81. The number of rotatable bonds is 8. The van der Waals surface area contributed by atoms with E-state index >= 15 is 0 Å². The summed E-state index contributed by atoms with van der Waals surface area (Å²) in [5, 5.41) is 10.6. The molecule has 0 aliphatic carbocycles. The highest BCUT2D eigenvalue weighted by Crippen LogP contribution is 2.54. The molecule has 1 atom stereocenters. The molecule has 148 valence electrons. The molecule has 0 bridgehead atoms. The molecule has 5 heteroatoms. The fourth-order valence-corrected chi connectivity index (χ4v) is 3.96. The summed E-state index contributed by atoms with van der Waals surface area (Å²) in [5.41, 5.74) is 2.52. The summed E-state index contributed by atoms with van der Waals surface area (Å²) in [6, 6.07) is 28.1. The van der Waals surface area contributed by atoms with E-state index in [1.165, 1.54) is 0 Å². The van der Waals surface area contributed by atoms with Crippen LogP contribution in [0.15, 0.2) is 91.0 Å². The van der Waals surface area contributed by atoms with Gasteiger partial charge in [-0.1, -0.05) is 90.7 Å². The molecule has 0 spiro atoms. The van der Waals surface area contributed by atoms with Crippen molar-refractivity contribution < 1.29 is 18.7 Å². The maximum absolute atomic E-state index is 13.3. The molecule has 0 amide bonds. The Morgan fingerprint density at radius 1 is 0.759 bits per heavy atom. The number of hydrogen-bond donors (Lipinski definition) is 1. The summed E-state index contributed by atoms with van der Waals surface area (Å²) < 4.78 is 24.6. The van der Waals surface area contributed by atoms with Crippen molar-refractivity contribution in [2.45, 2.75) is 25.5 Å². The lowest BCUT2D eigenvalue weighted by Crippen LogP contribution is -2.12. The first-order valence-electron chi connectivity index (χ1n) is 9.34. The van der Waals surface area contributed by atoms with Crippen molar-refractivity contribution in [3.05, 3.63) is 108 Å². The Morgan fingerprint density at radius 3 is 1.69 bits per heavy atom. The lowest BCUT2D eigenvalue weighted by atomic mass is 10.2. The van der Waals surface area contributed by atoms with Crippen LogP contribution in [0.1, 0.15) is 23.1 Å². The molecular formula is C24H23O4P. The van der Waals surface area contributed by atoms with Gasteiger partial charge in [-0.15, -0.1) is 0 Å². The molecule has 0 aromatic heterocycles. The van der Waals surface area contributed by atoms with Gasteiger partial charge in [0, 0.05) is 12.0 Å². The van der Waals surface area contributed by atoms with E-state index in [0.717, 1.165) is 16.7 Å². The summed E-state index contributed by atoms with van der Waals surface area (Å²) >= 11 is 0. The van der Waals surface area contributed by atoms with E-state index in [2.05, 4.69) is 11.8 Å². The molecule has 0 aliphatic rings. The third-order valence-corrected chi connectivity index (χ3v) is 6.05. The van der Waals surface area contributed by atoms with Crippen LogP contribution in [0, 0.1) is 11.8 Å². The van der Waals surface area contributed by atoms with Crippen molar-refractivity contribution in [3.63, 3.8) is 0 Å². The Labute approximate surface area is 171 Å². The van der Waals surface area contributed by atoms with E-state index in [1.54, 1.807) is 0 Å². The van der Waals surface area contributed by atoms with Gasteiger partial charge in [-0.2, -0.15) is 0 Å². The van der Waals surface area contributed by atoms with Gasteiger partial charge < -0.3 is 14.2 Å². The Kier molecular flexibility index (Phi) is 7.81. The lowest BCUT2D eigenvalue weighted by Gasteiger charge is -2.22. The van der Waals surface area contributed by atoms with Crippen LogP contribution in [0.3, 0.4) is 0 Å². The van der Waals surface area contributed by atoms with Crippen molar-refractivity contribution in [1.29, 1.82) is 0 Å². The summed E-state index contributed by atoms with van der Waals surface area (Å²) in [4.78, 5) is 0. The zero-order valence-corrected chi connectivity index (χ0v) is 16.9. The normalized spacial score (nSPS) is 12.0. The van der Waals surface area contributed by atoms with E-state index in [-0.39, 0.29) is 19.6 Å². The average Bonchev–Trinajstić information content (AvgIpc) is 2.78. The summed E-state index contributed by atoms with van der Waals surface area (Å²) in [6.07, 6.45) is -0.0181. The Hall–Kier alpha value is -2.67. The van der Waals surface area contributed by atoms with E-state index in [1.807, 2.05) is 91.0 Å². The zero-order valence-electron chi connectivity index (χ0n) is 16.0. The Bertz CT molecular complexity index is 931. The van der Waals surface area contributed by atoms with Gasteiger partial charge in [0.1, 0.15) is 0 Å². The van der Waals surface area contributed by atoms with Gasteiger partial charge in [-0.3, -0.25) is 4.57 Å². The summed E-state index contributed by atoms with van der Waals surface area (Å²) in [6.45, 7) is 0.159. The van der Waals surface area contributed by atoms with Crippen LogP contribution in [0.5, 0.6) is 0 Å². The molecule has 0 fully saturated rings. The van der Waals surface area contributed by atoms with Crippen LogP contribution in [0.2, 0.25) is 0 Å². The van der Waals surface area contributed by atoms with Gasteiger partial charge in [0.2, 0.25) is 0 Å². The molecule has 0 saturated heterocycles. The molecule has 0 heterocycles. The second kappa shape index (κ2) is 10.8. The minimum absolute atomic E-state index is 0.0181. The third-order valence-electron chi connectivity index (χ3n) is 4.16. The van der Waals surface area contributed by atoms with Crippen LogP contribution < -0.4 is 0 Å². The maximum Gasteiger partial charge on any atom is 0.360 e. The topological polar surface area (TPSA) is 55.8 Å². The SMILES string of the molecule is O=P(OCc1ccccc1)(OCc1ccccc1)[C@H](O)CC#Cc1ccccc1. The molecule has 0 saturated carbocycles. The highest BCUT2D eigenvalue weighted by Gasteiger charge is 2.34. The smallest absolute Gasteiger partial charge is 0.360 e. The quantitative estimate of drug-likeness (QED) is 0.403. The van der Waals surface area contributed by atoms with Crippen LogP contribution in [0.25, 0.3) is 0 Å². The van der Waals surface area contributed by atoms with Crippen LogP contribution in [0.4, 0.5) is 0 Å². The largest absolute Gasteiger partial charge is 0.380 e. The first kappa shape index (κ1) is 21.0. The molecule has 3 rings (SSSR count). The average molecular weight is 406 g/mol.